The van der Waals surface area contributed by atoms with Crippen molar-refractivity contribution in [2.75, 3.05) is 0 Å². The van der Waals surface area contributed by atoms with Crippen LogP contribution in [-0.4, -0.2) is 29.4 Å². The maximum atomic E-state index is 10.7. The summed E-state index contributed by atoms with van der Waals surface area (Å²) in [5.74, 6) is 0. The molecule has 128 valence electrons. The fourth-order valence-electron chi connectivity index (χ4n) is 2.42. The van der Waals surface area contributed by atoms with Crippen molar-refractivity contribution in [1.29, 1.82) is 0 Å². The summed E-state index contributed by atoms with van der Waals surface area (Å²) in [6, 6.07) is 0. The predicted molar refractivity (Wildman–Crippen MR) is 86.2 cm³/mol. The van der Waals surface area contributed by atoms with Gasteiger partial charge in [-0.3, -0.25) is 0 Å². The molecule has 0 radical (unpaired) electrons. The molecule has 2 atom stereocenters. The summed E-state index contributed by atoms with van der Waals surface area (Å²) in [6.07, 6.45) is 12.0. The van der Waals surface area contributed by atoms with Crippen molar-refractivity contribution in [3.8, 4) is 0 Å². The summed E-state index contributed by atoms with van der Waals surface area (Å²) in [7, 11) is -4.10. The molecule has 0 spiro atoms. The van der Waals surface area contributed by atoms with Gasteiger partial charge in [-0.05, 0) is 26.2 Å². The van der Waals surface area contributed by atoms with Gasteiger partial charge in [0.1, 0.15) is 0 Å². The summed E-state index contributed by atoms with van der Waals surface area (Å²) in [5, 5.41) is 8.95. The molecule has 0 fully saturated rings. The van der Waals surface area contributed by atoms with Gasteiger partial charge in [0.15, 0.2) is 0 Å². The molecule has 0 aliphatic heterocycles. The fraction of sp³-hybridized carbons (Fsp3) is 1.00. The molecule has 0 saturated carbocycles. The van der Waals surface area contributed by atoms with Crippen LogP contribution in [0.3, 0.4) is 0 Å². The van der Waals surface area contributed by atoms with Crippen LogP contribution in [0.15, 0.2) is 0 Å². The zero-order valence-electron chi connectivity index (χ0n) is 14.7. The molecular formula is C16H33KO4S. The molecule has 0 aromatic heterocycles. The summed E-state index contributed by atoms with van der Waals surface area (Å²) in [6.45, 7) is 3.63. The van der Waals surface area contributed by atoms with Gasteiger partial charge >= 0.3 is 51.4 Å². The van der Waals surface area contributed by atoms with Crippen molar-refractivity contribution in [1.82, 2.24) is 0 Å². The van der Waals surface area contributed by atoms with Crippen LogP contribution in [0.4, 0.5) is 0 Å². The van der Waals surface area contributed by atoms with Gasteiger partial charge in [-0.25, -0.2) is 8.42 Å². The van der Waals surface area contributed by atoms with Gasteiger partial charge in [0, 0.05) is 5.25 Å². The third kappa shape index (κ3) is 16.4. The Kier molecular flexibility index (Phi) is 18.7. The molecule has 0 heterocycles. The second-order valence-electron chi connectivity index (χ2n) is 6.15. The van der Waals surface area contributed by atoms with E-state index in [1.807, 2.05) is 0 Å². The first-order valence-electron chi connectivity index (χ1n) is 8.50. The van der Waals surface area contributed by atoms with E-state index in [0.29, 0.717) is 6.42 Å². The molecular weight excluding hydrogens is 327 g/mol. The summed E-state index contributed by atoms with van der Waals surface area (Å²) >= 11 is 0. The van der Waals surface area contributed by atoms with Crippen molar-refractivity contribution in [2.24, 2.45) is 0 Å². The molecule has 0 rings (SSSR count). The maximum absolute atomic E-state index is 10.7. The van der Waals surface area contributed by atoms with Crippen molar-refractivity contribution in [3.63, 3.8) is 0 Å². The normalized spacial score (nSPS) is 14.4. The van der Waals surface area contributed by atoms with Crippen LogP contribution in [0.5, 0.6) is 0 Å². The average molecular weight is 361 g/mol. The summed E-state index contributed by atoms with van der Waals surface area (Å²) in [4.78, 5) is 0. The number of aliphatic hydroxyl groups excluding tert-OH is 1. The van der Waals surface area contributed by atoms with E-state index in [0.717, 1.165) is 64.2 Å². The Morgan fingerprint density at radius 3 is 1.73 bits per heavy atom. The molecule has 22 heavy (non-hydrogen) atoms. The Balaban J connectivity index is 0. The average Bonchev–Trinajstić information content (AvgIpc) is 2.41. The molecule has 1 N–H and O–H groups in total. The zero-order valence-corrected chi connectivity index (χ0v) is 18.7. The molecule has 0 aromatic rings. The minimum atomic E-state index is -4.10. The van der Waals surface area contributed by atoms with Gasteiger partial charge in [-0.2, -0.15) is 0 Å². The molecule has 6 heteroatoms. The first-order chi connectivity index (χ1) is 9.88. The Hall–Kier alpha value is 1.51. The Morgan fingerprint density at radius 1 is 0.864 bits per heavy atom. The van der Waals surface area contributed by atoms with Crippen LogP contribution in [0.2, 0.25) is 0 Å². The Labute approximate surface area is 180 Å². The number of rotatable bonds is 14. The van der Waals surface area contributed by atoms with Crippen LogP contribution >= 0.6 is 0 Å². The van der Waals surface area contributed by atoms with E-state index in [1.165, 1.54) is 13.3 Å². The van der Waals surface area contributed by atoms with E-state index in [1.54, 1.807) is 0 Å². The Morgan fingerprint density at radius 2 is 1.27 bits per heavy atom. The molecule has 0 saturated heterocycles. The van der Waals surface area contributed by atoms with Gasteiger partial charge in [0.25, 0.3) is 0 Å². The minimum absolute atomic E-state index is 0. The van der Waals surface area contributed by atoms with Crippen LogP contribution in [-0.2, 0) is 10.1 Å². The smallest absolute Gasteiger partial charge is 0.748 e. The van der Waals surface area contributed by atoms with E-state index < -0.39 is 15.4 Å². The van der Waals surface area contributed by atoms with Crippen LogP contribution in [0, 0.1) is 0 Å². The van der Waals surface area contributed by atoms with Gasteiger partial charge in [0.05, 0.1) is 16.2 Å². The first kappa shape index (κ1) is 25.7. The van der Waals surface area contributed by atoms with E-state index in [9.17, 15) is 18.1 Å². The van der Waals surface area contributed by atoms with E-state index in [4.69, 9.17) is 0 Å². The third-order valence-electron chi connectivity index (χ3n) is 4.03. The van der Waals surface area contributed by atoms with Gasteiger partial charge < -0.3 is 9.66 Å². The Bertz CT molecular complexity index is 333. The summed E-state index contributed by atoms with van der Waals surface area (Å²) < 4.78 is 32.1. The second-order valence-corrected chi connectivity index (χ2v) is 7.94. The number of unbranched alkanes of at least 4 members (excludes halogenated alkanes) is 7. The molecule has 0 amide bonds. The first-order valence-corrected chi connectivity index (χ1v) is 9.97. The zero-order chi connectivity index (χ0) is 16.1. The van der Waals surface area contributed by atoms with Crippen LogP contribution in [0.25, 0.3) is 0 Å². The quantitative estimate of drug-likeness (QED) is 0.285. The standard InChI is InChI=1S/C16H34O4S.K/c1-3-4-13-16(17)14-11-9-7-5-6-8-10-12-15(2)21(18,19)20;/h15-17H,3-14H2,1-2H3,(H,18,19,20);/q;+1/p-1. The SMILES string of the molecule is CCCCC(O)CCCCCCCCCC(C)S(=O)(=O)[O-].[K+]. The summed E-state index contributed by atoms with van der Waals surface area (Å²) in [5.41, 5.74) is 0. The van der Waals surface area contributed by atoms with Crippen LogP contribution < -0.4 is 51.4 Å². The number of aliphatic hydroxyl groups is 1. The van der Waals surface area contributed by atoms with E-state index >= 15 is 0 Å². The van der Waals surface area contributed by atoms with E-state index in [-0.39, 0.29) is 57.5 Å². The third-order valence-corrected chi connectivity index (χ3v) is 5.25. The second kappa shape index (κ2) is 16.0. The van der Waals surface area contributed by atoms with Crippen molar-refractivity contribution >= 4 is 10.1 Å². The predicted octanol–water partition coefficient (Wildman–Crippen LogP) is 0.986. The van der Waals surface area contributed by atoms with Gasteiger partial charge in [0.2, 0.25) is 0 Å². The van der Waals surface area contributed by atoms with Crippen molar-refractivity contribution in [3.05, 3.63) is 0 Å². The minimum Gasteiger partial charge on any atom is -0.748 e. The molecule has 0 bridgehead atoms. The molecule has 4 nitrogen and oxygen atoms in total. The van der Waals surface area contributed by atoms with Crippen molar-refractivity contribution < 1.29 is 69.5 Å². The van der Waals surface area contributed by atoms with Crippen molar-refractivity contribution in [2.45, 2.75) is 102 Å². The number of hydrogen-bond acceptors (Lipinski definition) is 4. The molecule has 0 aliphatic carbocycles. The molecule has 0 aliphatic rings. The fourth-order valence-corrected chi connectivity index (χ4v) is 2.88. The van der Waals surface area contributed by atoms with Gasteiger partial charge in [-0.15, -0.1) is 0 Å². The van der Waals surface area contributed by atoms with Crippen LogP contribution in [0.1, 0.15) is 90.9 Å². The van der Waals surface area contributed by atoms with Gasteiger partial charge in [-0.1, -0.05) is 64.7 Å². The monoisotopic (exact) mass is 360 g/mol. The number of hydrogen-bond donors (Lipinski definition) is 1. The molecule has 0 aromatic carbocycles. The van der Waals surface area contributed by atoms with E-state index in [2.05, 4.69) is 6.92 Å². The molecule has 2 unspecified atom stereocenters. The topological polar surface area (TPSA) is 77.4 Å². The largest absolute Gasteiger partial charge is 1.00 e. The maximum Gasteiger partial charge on any atom is 1.00 e.